The lowest BCUT2D eigenvalue weighted by Gasteiger charge is -2.36. The van der Waals surface area contributed by atoms with Crippen LogP contribution in [0.2, 0.25) is 0 Å². The predicted octanol–water partition coefficient (Wildman–Crippen LogP) is 3.75. The molecule has 0 radical (unpaired) electrons. The highest BCUT2D eigenvalue weighted by Gasteiger charge is 2.42. The molecule has 1 aliphatic rings. The van der Waals surface area contributed by atoms with E-state index in [2.05, 4.69) is 9.84 Å². The lowest BCUT2D eigenvalue weighted by atomic mass is 9.85. The fourth-order valence-electron chi connectivity index (χ4n) is 4.48. The van der Waals surface area contributed by atoms with Gasteiger partial charge in [-0.2, -0.15) is 0 Å². The second-order valence-electron chi connectivity index (χ2n) is 10.7. The molecule has 1 heterocycles. The van der Waals surface area contributed by atoms with E-state index in [0.29, 0.717) is 30.5 Å². The number of rotatable bonds is 8. The molecule has 0 unspecified atom stereocenters. The Morgan fingerprint density at radius 3 is 2.28 bits per heavy atom. The summed E-state index contributed by atoms with van der Waals surface area (Å²) in [5, 5.41) is 2.84. The summed E-state index contributed by atoms with van der Waals surface area (Å²) in [6.45, 7) is 7.71. The van der Waals surface area contributed by atoms with Crippen LogP contribution in [0.3, 0.4) is 0 Å². The molecule has 1 aliphatic heterocycles. The normalized spacial score (nSPS) is 16.9. The number of phosphoric ester groups is 1. The van der Waals surface area contributed by atoms with E-state index >= 15 is 0 Å². The van der Waals surface area contributed by atoms with Crippen molar-refractivity contribution in [1.82, 2.24) is 10.2 Å². The molecule has 11 heteroatoms. The fraction of sp³-hybridized carbons (Fsp3) is 0.393. The van der Waals surface area contributed by atoms with Gasteiger partial charge < -0.3 is 19.6 Å². The molecule has 0 aliphatic carbocycles. The molecule has 0 bridgehead atoms. The van der Waals surface area contributed by atoms with Gasteiger partial charge in [-0.3, -0.25) is 24.2 Å². The first-order chi connectivity index (χ1) is 18.2. The molecule has 3 N–H and O–H groups in total. The molecule has 0 aromatic heterocycles. The van der Waals surface area contributed by atoms with Gasteiger partial charge in [0.2, 0.25) is 17.7 Å². The first-order valence-electron chi connectivity index (χ1n) is 12.6. The van der Waals surface area contributed by atoms with E-state index in [-0.39, 0.29) is 17.6 Å². The fourth-order valence-corrected chi connectivity index (χ4v) is 4.88. The number of carbonyl (C=O) groups is 3. The summed E-state index contributed by atoms with van der Waals surface area (Å²) in [4.78, 5) is 61.1. The van der Waals surface area contributed by atoms with E-state index in [1.54, 1.807) is 35.9 Å². The molecule has 10 nitrogen and oxygen atoms in total. The van der Waals surface area contributed by atoms with E-state index < -0.39 is 31.2 Å². The van der Waals surface area contributed by atoms with Gasteiger partial charge in [-0.05, 0) is 60.6 Å². The van der Waals surface area contributed by atoms with Crippen LogP contribution in [0.25, 0.3) is 5.57 Å². The standard InChI is InChI=1S/C28H36N3O7P/c1-19(20-13-15-22(16-14-20)38-39(35,36)37)18-24(32)29-25(28(2,3)4)27(34)31-17-9-12-23(31)26(33)30(5)21-10-7-6-8-11-21/h6-8,10-11,13-16,18,23,25H,9,12,17H2,1-5H3,(H,29,32)(H2,35,36,37)/b19-18+/t23-,25+/m0/s1. The first kappa shape index (κ1) is 30.1. The van der Waals surface area contributed by atoms with Crippen LogP contribution in [-0.4, -0.2) is 58.1 Å². The number of likely N-dealkylation sites (tertiary alicyclic amines) is 1. The van der Waals surface area contributed by atoms with Crippen molar-refractivity contribution >= 4 is 36.8 Å². The third-order valence-electron chi connectivity index (χ3n) is 6.58. The molecular weight excluding hydrogens is 521 g/mol. The van der Waals surface area contributed by atoms with Gasteiger partial charge in [-0.15, -0.1) is 0 Å². The lowest BCUT2D eigenvalue weighted by molar-refractivity contribution is -0.142. The van der Waals surface area contributed by atoms with Crippen LogP contribution < -0.4 is 14.7 Å². The molecule has 2 aromatic carbocycles. The smallest absolute Gasteiger partial charge is 0.404 e. The number of carbonyl (C=O) groups excluding carboxylic acids is 3. The Hall–Kier alpha value is -3.46. The number of phosphoric acid groups is 1. The van der Waals surface area contributed by atoms with Gasteiger partial charge >= 0.3 is 7.82 Å². The number of para-hydroxylation sites is 1. The van der Waals surface area contributed by atoms with Crippen LogP contribution in [0.5, 0.6) is 5.75 Å². The quantitative estimate of drug-likeness (QED) is 0.332. The number of hydrogen-bond donors (Lipinski definition) is 3. The molecule has 39 heavy (non-hydrogen) atoms. The summed E-state index contributed by atoms with van der Waals surface area (Å²) in [6.07, 6.45) is 2.60. The maximum absolute atomic E-state index is 13.8. The Bertz CT molecular complexity index is 1270. The molecule has 3 amide bonds. The average Bonchev–Trinajstić information content (AvgIpc) is 3.35. The number of likely N-dealkylation sites (N-methyl/N-ethyl adjacent to an activating group) is 1. The summed E-state index contributed by atoms with van der Waals surface area (Å²) in [5.41, 5.74) is 1.33. The molecule has 0 spiro atoms. The second-order valence-corrected chi connectivity index (χ2v) is 11.8. The number of allylic oxidation sites excluding steroid dienone is 1. The van der Waals surface area contributed by atoms with Crippen LogP contribution in [0.15, 0.2) is 60.7 Å². The highest BCUT2D eigenvalue weighted by molar-refractivity contribution is 7.46. The van der Waals surface area contributed by atoms with E-state index in [0.717, 1.165) is 5.69 Å². The molecule has 2 atom stereocenters. The highest BCUT2D eigenvalue weighted by Crippen LogP contribution is 2.37. The van der Waals surface area contributed by atoms with Crippen molar-refractivity contribution in [2.45, 2.75) is 52.6 Å². The van der Waals surface area contributed by atoms with Gasteiger partial charge in [0.05, 0.1) is 0 Å². The van der Waals surface area contributed by atoms with Gasteiger partial charge in [0.15, 0.2) is 0 Å². The maximum atomic E-state index is 13.8. The first-order valence-corrected chi connectivity index (χ1v) is 14.2. The van der Waals surface area contributed by atoms with Crippen molar-refractivity contribution in [3.05, 3.63) is 66.2 Å². The zero-order valence-corrected chi connectivity index (χ0v) is 23.7. The lowest BCUT2D eigenvalue weighted by Crippen LogP contribution is -2.57. The minimum atomic E-state index is -4.67. The summed E-state index contributed by atoms with van der Waals surface area (Å²) < 4.78 is 15.6. The molecule has 3 rings (SSSR count). The van der Waals surface area contributed by atoms with Crippen LogP contribution in [0, 0.1) is 5.41 Å². The number of nitrogens with zero attached hydrogens (tertiary/aromatic N) is 2. The average molecular weight is 558 g/mol. The predicted molar refractivity (Wildman–Crippen MR) is 149 cm³/mol. The largest absolute Gasteiger partial charge is 0.524 e. The van der Waals surface area contributed by atoms with Crippen molar-refractivity contribution < 1.29 is 33.3 Å². The van der Waals surface area contributed by atoms with Crippen LogP contribution in [-0.2, 0) is 18.9 Å². The Morgan fingerprint density at radius 2 is 1.72 bits per heavy atom. The number of benzene rings is 2. The van der Waals surface area contributed by atoms with Gasteiger partial charge in [-0.25, -0.2) is 4.57 Å². The Kier molecular flexibility index (Phi) is 9.38. The molecule has 1 fully saturated rings. The molecule has 0 saturated carbocycles. The van der Waals surface area contributed by atoms with Crippen molar-refractivity contribution in [2.24, 2.45) is 5.41 Å². The van der Waals surface area contributed by atoms with E-state index in [1.807, 2.05) is 51.1 Å². The van der Waals surface area contributed by atoms with Gasteiger partial charge in [0.1, 0.15) is 17.8 Å². The SMILES string of the molecule is C/C(=C\C(=O)N[C@H](C(=O)N1CCC[C@H]1C(=O)N(C)c1ccccc1)C(C)(C)C)c1ccc(OP(=O)(O)O)cc1. The Labute approximate surface area is 228 Å². The number of nitrogens with one attached hydrogen (secondary N) is 1. The number of amides is 3. The number of hydrogen-bond acceptors (Lipinski definition) is 5. The zero-order chi connectivity index (χ0) is 29.0. The van der Waals surface area contributed by atoms with Gasteiger partial charge in [-0.1, -0.05) is 51.1 Å². The molecule has 2 aromatic rings. The van der Waals surface area contributed by atoms with E-state index in [1.165, 1.54) is 18.2 Å². The van der Waals surface area contributed by atoms with Crippen molar-refractivity contribution in [2.75, 3.05) is 18.5 Å². The third kappa shape index (κ3) is 8.02. The van der Waals surface area contributed by atoms with Crippen LogP contribution >= 0.6 is 7.82 Å². The third-order valence-corrected chi connectivity index (χ3v) is 7.02. The van der Waals surface area contributed by atoms with Gasteiger partial charge in [0, 0.05) is 25.4 Å². The molecule has 210 valence electrons. The van der Waals surface area contributed by atoms with Crippen molar-refractivity contribution in [1.29, 1.82) is 0 Å². The summed E-state index contributed by atoms with van der Waals surface area (Å²) in [7, 11) is -2.98. The minimum absolute atomic E-state index is 0.00430. The van der Waals surface area contributed by atoms with E-state index in [9.17, 15) is 18.9 Å². The summed E-state index contributed by atoms with van der Waals surface area (Å²) >= 11 is 0. The van der Waals surface area contributed by atoms with Crippen LogP contribution in [0.1, 0.15) is 46.1 Å². The van der Waals surface area contributed by atoms with Gasteiger partial charge in [0.25, 0.3) is 0 Å². The monoisotopic (exact) mass is 557 g/mol. The van der Waals surface area contributed by atoms with Crippen molar-refractivity contribution in [3.8, 4) is 5.75 Å². The summed E-state index contributed by atoms with van der Waals surface area (Å²) in [6, 6.07) is 13.7. The summed E-state index contributed by atoms with van der Waals surface area (Å²) in [5.74, 6) is -0.957. The van der Waals surface area contributed by atoms with Crippen LogP contribution in [0.4, 0.5) is 5.69 Å². The molecular formula is C28H36N3O7P. The van der Waals surface area contributed by atoms with Crippen molar-refractivity contribution in [3.63, 3.8) is 0 Å². The zero-order valence-electron chi connectivity index (χ0n) is 22.8. The number of anilines is 1. The highest BCUT2D eigenvalue weighted by atomic mass is 31.2. The Balaban J connectivity index is 1.75. The second kappa shape index (κ2) is 12.2. The molecule has 1 saturated heterocycles. The topological polar surface area (TPSA) is 136 Å². The Morgan fingerprint density at radius 1 is 1.10 bits per heavy atom. The maximum Gasteiger partial charge on any atom is 0.524 e. The minimum Gasteiger partial charge on any atom is -0.404 e. The van der Waals surface area contributed by atoms with E-state index in [4.69, 9.17) is 9.79 Å².